The fraction of sp³-hybridized carbons (Fsp3) is 0.0943. The Bertz CT molecular complexity index is 3090. The molecular weight excluding hydrogens is 695 g/mol. The van der Waals surface area contributed by atoms with Crippen molar-refractivity contribution in [3.63, 3.8) is 0 Å². The van der Waals surface area contributed by atoms with Gasteiger partial charge in [-0.25, -0.2) is 4.99 Å². The van der Waals surface area contributed by atoms with Gasteiger partial charge in [0.1, 0.15) is 11.2 Å². The molecule has 0 saturated carbocycles. The monoisotopic (exact) mass is 733 g/mol. The van der Waals surface area contributed by atoms with Crippen molar-refractivity contribution < 1.29 is 4.42 Å². The standard InChI is InChI=1S/C53H39N3O/c1-5-14-35(15-6-1)39-25-30-47-43(32-39)44-33-40(36-16-7-2-8-17-36)26-31-48(44)56(47)49-22-13-23-50-52(49)42-27-24-41(34-51(42)57-50)46-29-28-45(37-18-9-3-10-19-37)54-53(55-46)38-20-11-4-12-21-38/h1-16,18-27,30-34,36,46H,17,28-29H2/t36-,46?/m0/s1. The number of rotatable bonds is 6. The number of hydrogen-bond acceptors (Lipinski definition) is 3. The van der Waals surface area contributed by atoms with Gasteiger partial charge in [-0.3, -0.25) is 4.99 Å². The van der Waals surface area contributed by atoms with Gasteiger partial charge in [0.15, 0.2) is 5.84 Å². The third-order valence-corrected chi connectivity index (χ3v) is 11.7. The lowest BCUT2D eigenvalue weighted by atomic mass is 9.91. The Morgan fingerprint density at radius 1 is 0.544 bits per heavy atom. The fourth-order valence-electron chi connectivity index (χ4n) is 8.89. The average Bonchev–Trinajstić information content (AvgIpc) is 3.72. The summed E-state index contributed by atoms with van der Waals surface area (Å²) in [7, 11) is 0. The number of aromatic nitrogens is 1. The molecule has 0 N–H and O–H groups in total. The minimum absolute atomic E-state index is 0.0675. The third-order valence-electron chi connectivity index (χ3n) is 11.7. The summed E-state index contributed by atoms with van der Waals surface area (Å²) in [5, 5.41) is 4.71. The fourth-order valence-corrected chi connectivity index (χ4v) is 8.89. The average molecular weight is 734 g/mol. The zero-order chi connectivity index (χ0) is 37.7. The Hall–Kier alpha value is -7.04. The molecule has 0 saturated heterocycles. The highest BCUT2D eigenvalue weighted by atomic mass is 16.3. The number of furan rings is 1. The molecule has 0 bridgehead atoms. The van der Waals surface area contributed by atoms with Gasteiger partial charge in [0.2, 0.25) is 0 Å². The molecule has 4 heteroatoms. The van der Waals surface area contributed by atoms with Crippen LogP contribution in [0.15, 0.2) is 202 Å². The lowest BCUT2D eigenvalue weighted by Crippen LogP contribution is -2.04. The highest BCUT2D eigenvalue weighted by Crippen LogP contribution is 2.42. The summed E-state index contributed by atoms with van der Waals surface area (Å²) >= 11 is 0. The van der Waals surface area contributed by atoms with Gasteiger partial charge in [-0.2, -0.15) is 0 Å². The Morgan fingerprint density at radius 2 is 1.26 bits per heavy atom. The van der Waals surface area contributed by atoms with E-state index in [1.54, 1.807) is 0 Å². The maximum Gasteiger partial charge on any atom is 0.155 e. The molecule has 0 radical (unpaired) electrons. The molecule has 57 heavy (non-hydrogen) atoms. The quantitative estimate of drug-likeness (QED) is 0.168. The van der Waals surface area contributed by atoms with Crippen LogP contribution in [-0.2, 0) is 0 Å². The first-order valence-corrected chi connectivity index (χ1v) is 19.9. The number of benzene rings is 7. The second kappa shape index (κ2) is 13.9. The zero-order valence-corrected chi connectivity index (χ0v) is 31.4. The van der Waals surface area contributed by atoms with Gasteiger partial charge < -0.3 is 8.98 Å². The van der Waals surface area contributed by atoms with Crippen LogP contribution in [0.3, 0.4) is 0 Å². The number of amidine groups is 1. The van der Waals surface area contributed by atoms with Gasteiger partial charge in [-0.05, 0) is 89.5 Å². The summed E-state index contributed by atoms with van der Waals surface area (Å²) in [6.07, 6.45) is 11.6. The van der Waals surface area contributed by atoms with E-state index in [-0.39, 0.29) is 6.04 Å². The van der Waals surface area contributed by atoms with Crippen LogP contribution in [0.2, 0.25) is 0 Å². The second-order valence-corrected chi connectivity index (χ2v) is 15.2. The minimum Gasteiger partial charge on any atom is -0.456 e. The number of hydrogen-bond donors (Lipinski definition) is 0. The molecule has 272 valence electrons. The molecule has 3 heterocycles. The van der Waals surface area contributed by atoms with Gasteiger partial charge in [-0.1, -0.05) is 146 Å². The normalized spacial score (nSPS) is 17.0. The van der Waals surface area contributed by atoms with Gasteiger partial charge in [-0.15, -0.1) is 0 Å². The molecule has 7 aromatic carbocycles. The first-order chi connectivity index (χ1) is 28.2. The number of nitrogens with zero attached hydrogens (tertiary/aromatic N) is 3. The lowest BCUT2D eigenvalue weighted by molar-refractivity contribution is 0.658. The second-order valence-electron chi connectivity index (χ2n) is 15.2. The van der Waals surface area contributed by atoms with E-state index in [1.807, 2.05) is 6.07 Å². The topological polar surface area (TPSA) is 42.8 Å². The number of aliphatic imine (C=N–C) groups is 2. The van der Waals surface area contributed by atoms with Crippen LogP contribution in [0, 0.1) is 0 Å². The number of fused-ring (bicyclic) bond motifs is 6. The summed E-state index contributed by atoms with van der Waals surface area (Å²) in [5.74, 6) is 1.13. The van der Waals surface area contributed by atoms with E-state index < -0.39 is 0 Å². The Balaban J connectivity index is 1.05. The molecule has 2 aliphatic rings. The molecule has 0 spiro atoms. The Labute approximate surface area is 331 Å². The molecule has 0 fully saturated rings. The number of allylic oxidation sites excluding steroid dienone is 4. The summed E-state index contributed by atoms with van der Waals surface area (Å²) < 4.78 is 9.19. The van der Waals surface area contributed by atoms with Crippen LogP contribution >= 0.6 is 0 Å². The minimum atomic E-state index is -0.0675. The van der Waals surface area contributed by atoms with Crippen LogP contribution in [0.5, 0.6) is 0 Å². The molecule has 1 aliphatic carbocycles. The van der Waals surface area contributed by atoms with Crippen LogP contribution in [0.4, 0.5) is 0 Å². The Morgan fingerprint density at radius 3 is 2.04 bits per heavy atom. The van der Waals surface area contributed by atoms with Gasteiger partial charge in [0.25, 0.3) is 0 Å². The predicted molar refractivity (Wildman–Crippen MR) is 237 cm³/mol. The van der Waals surface area contributed by atoms with E-state index in [4.69, 9.17) is 14.4 Å². The van der Waals surface area contributed by atoms with Crippen molar-refractivity contribution in [3.8, 4) is 16.8 Å². The molecule has 9 aromatic rings. The molecular formula is C53H39N3O. The van der Waals surface area contributed by atoms with Crippen molar-refractivity contribution in [2.45, 2.75) is 31.2 Å². The van der Waals surface area contributed by atoms with Crippen molar-refractivity contribution in [2.75, 3.05) is 0 Å². The van der Waals surface area contributed by atoms with E-state index in [1.165, 1.54) is 38.5 Å². The molecule has 2 atom stereocenters. The van der Waals surface area contributed by atoms with E-state index in [9.17, 15) is 0 Å². The SMILES string of the molecule is C1=CC[C@@H](c2ccc3c(c2)c2cc(-c4ccccc4)ccc2n3-c2cccc3oc4cc(C5CCC(c6ccccc6)=NC(c6ccccc6)=N5)ccc4c23)C=C1. The first kappa shape index (κ1) is 33.3. The van der Waals surface area contributed by atoms with E-state index in [0.29, 0.717) is 5.92 Å². The van der Waals surface area contributed by atoms with Crippen LogP contribution in [-0.4, -0.2) is 16.1 Å². The van der Waals surface area contributed by atoms with Gasteiger partial charge >= 0.3 is 0 Å². The van der Waals surface area contributed by atoms with E-state index >= 15 is 0 Å². The van der Waals surface area contributed by atoms with Crippen molar-refractivity contribution in [1.29, 1.82) is 0 Å². The van der Waals surface area contributed by atoms with Gasteiger partial charge in [0, 0.05) is 27.6 Å². The molecule has 4 nitrogen and oxygen atoms in total. The van der Waals surface area contributed by atoms with Crippen molar-refractivity contribution in [1.82, 2.24) is 4.57 Å². The first-order valence-electron chi connectivity index (χ1n) is 19.9. The maximum atomic E-state index is 6.75. The maximum absolute atomic E-state index is 6.75. The third kappa shape index (κ3) is 5.93. The Kier molecular flexibility index (Phi) is 8.13. The lowest BCUT2D eigenvalue weighted by Gasteiger charge is -2.14. The van der Waals surface area contributed by atoms with E-state index in [2.05, 4.69) is 187 Å². The summed E-state index contributed by atoms with van der Waals surface area (Å²) in [4.78, 5) is 10.5. The summed E-state index contributed by atoms with van der Waals surface area (Å²) in [5.41, 5.74) is 13.3. The van der Waals surface area contributed by atoms with Crippen LogP contribution in [0.25, 0.3) is 60.6 Å². The van der Waals surface area contributed by atoms with Crippen LogP contribution in [0.1, 0.15) is 53.5 Å². The highest BCUT2D eigenvalue weighted by Gasteiger charge is 2.23. The molecule has 1 unspecified atom stereocenters. The largest absolute Gasteiger partial charge is 0.456 e. The smallest absolute Gasteiger partial charge is 0.155 e. The molecule has 11 rings (SSSR count). The van der Waals surface area contributed by atoms with Gasteiger partial charge in [0.05, 0.1) is 33.9 Å². The van der Waals surface area contributed by atoms with Crippen molar-refractivity contribution in [3.05, 3.63) is 210 Å². The molecule has 0 amide bonds. The molecule has 2 aromatic heterocycles. The predicted octanol–water partition coefficient (Wildman–Crippen LogP) is 13.7. The zero-order valence-electron chi connectivity index (χ0n) is 31.4. The van der Waals surface area contributed by atoms with Crippen molar-refractivity contribution >= 4 is 55.3 Å². The van der Waals surface area contributed by atoms with E-state index in [0.717, 1.165) is 75.1 Å². The summed E-state index contributed by atoms with van der Waals surface area (Å²) in [6, 6.07) is 58.6. The summed E-state index contributed by atoms with van der Waals surface area (Å²) in [6.45, 7) is 0. The molecule has 1 aliphatic heterocycles. The van der Waals surface area contributed by atoms with Crippen molar-refractivity contribution in [2.24, 2.45) is 9.98 Å². The van der Waals surface area contributed by atoms with Crippen LogP contribution < -0.4 is 0 Å². The highest BCUT2D eigenvalue weighted by molar-refractivity contribution is 6.16.